The van der Waals surface area contributed by atoms with Crippen LogP contribution in [0.3, 0.4) is 0 Å². The molecule has 0 aliphatic heterocycles. The molecule has 2 aromatic carbocycles. The van der Waals surface area contributed by atoms with Crippen LogP contribution in [0.5, 0.6) is 17.2 Å². The molecule has 0 saturated heterocycles. The Kier molecular flexibility index (Phi) is 5.85. The van der Waals surface area contributed by atoms with Gasteiger partial charge in [0, 0.05) is 11.1 Å². The maximum absolute atomic E-state index is 13.8. The number of benzene rings is 2. The molecule has 2 rings (SSSR count). The van der Waals surface area contributed by atoms with Crippen LogP contribution < -0.4 is 14.2 Å². The molecule has 0 heterocycles. The molecule has 0 bridgehead atoms. The fourth-order valence-corrected chi connectivity index (χ4v) is 2.74. The van der Waals surface area contributed by atoms with Crippen molar-refractivity contribution in [1.82, 2.24) is 0 Å². The van der Waals surface area contributed by atoms with Gasteiger partial charge in [0.1, 0.15) is 11.6 Å². The maximum Gasteiger partial charge on any atom is 0.303 e. The lowest BCUT2D eigenvalue weighted by molar-refractivity contribution is -0.137. The van der Waals surface area contributed by atoms with Gasteiger partial charge in [-0.25, -0.2) is 4.39 Å². The number of hydrogen-bond acceptors (Lipinski definition) is 4. The number of carboxylic acids is 1. The summed E-state index contributed by atoms with van der Waals surface area (Å²) in [5.74, 6) is -0.218. The Bertz CT molecular complexity index is 773. The molecule has 0 aliphatic carbocycles. The third-order valence-corrected chi connectivity index (χ3v) is 4.00. The largest absolute Gasteiger partial charge is 0.496 e. The first-order valence-corrected chi connectivity index (χ1v) is 7.72. The fraction of sp³-hybridized carbons (Fsp3) is 0.316. The average Bonchev–Trinajstić information content (AvgIpc) is 2.59. The number of ether oxygens (including phenoxy) is 3. The third kappa shape index (κ3) is 4.02. The summed E-state index contributed by atoms with van der Waals surface area (Å²) >= 11 is 0. The molecule has 134 valence electrons. The minimum Gasteiger partial charge on any atom is -0.496 e. The number of aliphatic carboxylic acids is 1. The van der Waals surface area contributed by atoms with Gasteiger partial charge in [0.15, 0.2) is 11.5 Å². The molecule has 0 fully saturated rings. The first kappa shape index (κ1) is 18.6. The highest BCUT2D eigenvalue weighted by Gasteiger charge is 2.21. The topological polar surface area (TPSA) is 65.0 Å². The smallest absolute Gasteiger partial charge is 0.303 e. The SMILES string of the molecule is COc1ccc(F)cc1-c1cc(C(C)CC(=O)O)cc(OC)c1OC. The first-order valence-electron chi connectivity index (χ1n) is 7.72. The number of carbonyl (C=O) groups is 1. The van der Waals surface area contributed by atoms with Crippen molar-refractivity contribution in [2.75, 3.05) is 21.3 Å². The van der Waals surface area contributed by atoms with Crippen molar-refractivity contribution < 1.29 is 28.5 Å². The quantitative estimate of drug-likeness (QED) is 0.816. The summed E-state index contributed by atoms with van der Waals surface area (Å²) in [6, 6.07) is 7.71. The van der Waals surface area contributed by atoms with Gasteiger partial charge in [-0.3, -0.25) is 4.79 Å². The second-order valence-corrected chi connectivity index (χ2v) is 5.65. The molecule has 1 atom stereocenters. The van der Waals surface area contributed by atoms with Crippen LogP contribution in [0.15, 0.2) is 30.3 Å². The summed E-state index contributed by atoms with van der Waals surface area (Å²) in [7, 11) is 4.49. The van der Waals surface area contributed by atoms with Gasteiger partial charge in [-0.05, 0) is 41.8 Å². The molecule has 2 aromatic rings. The van der Waals surface area contributed by atoms with E-state index in [1.54, 1.807) is 12.1 Å². The minimum atomic E-state index is -0.896. The predicted octanol–water partition coefficient (Wildman–Crippen LogP) is 4.10. The second-order valence-electron chi connectivity index (χ2n) is 5.65. The van der Waals surface area contributed by atoms with Gasteiger partial charge >= 0.3 is 5.97 Å². The zero-order chi connectivity index (χ0) is 18.6. The normalized spacial score (nSPS) is 11.7. The van der Waals surface area contributed by atoms with Crippen LogP contribution in [0.25, 0.3) is 11.1 Å². The zero-order valence-electron chi connectivity index (χ0n) is 14.6. The molecule has 6 heteroatoms. The highest BCUT2D eigenvalue weighted by atomic mass is 19.1. The third-order valence-electron chi connectivity index (χ3n) is 4.00. The molecule has 0 amide bonds. The summed E-state index contributed by atoms with van der Waals surface area (Å²) in [5.41, 5.74) is 1.83. The Morgan fingerprint density at radius 2 is 1.72 bits per heavy atom. The van der Waals surface area contributed by atoms with Crippen LogP contribution in [0.4, 0.5) is 4.39 Å². The monoisotopic (exact) mass is 348 g/mol. The molecule has 1 N–H and O–H groups in total. The summed E-state index contributed by atoms with van der Waals surface area (Å²) in [5, 5.41) is 9.05. The Morgan fingerprint density at radius 1 is 1.04 bits per heavy atom. The van der Waals surface area contributed by atoms with E-state index in [1.165, 1.54) is 39.5 Å². The van der Waals surface area contributed by atoms with Gasteiger partial charge in [0.25, 0.3) is 0 Å². The van der Waals surface area contributed by atoms with Gasteiger partial charge < -0.3 is 19.3 Å². The Hall–Kier alpha value is -2.76. The summed E-state index contributed by atoms with van der Waals surface area (Å²) < 4.78 is 30.0. The lowest BCUT2D eigenvalue weighted by Gasteiger charge is -2.19. The van der Waals surface area contributed by atoms with Crippen molar-refractivity contribution >= 4 is 5.97 Å². The van der Waals surface area contributed by atoms with E-state index >= 15 is 0 Å². The minimum absolute atomic E-state index is 0.0325. The van der Waals surface area contributed by atoms with Crippen LogP contribution in [0.1, 0.15) is 24.8 Å². The van der Waals surface area contributed by atoms with Gasteiger partial charge in [-0.2, -0.15) is 0 Å². The number of rotatable bonds is 7. The zero-order valence-corrected chi connectivity index (χ0v) is 14.6. The predicted molar refractivity (Wildman–Crippen MR) is 92.2 cm³/mol. The van der Waals surface area contributed by atoms with Gasteiger partial charge in [0.2, 0.25) is 0 Å². The van der Waals surface area contributed by atoms with E-state index in [0.717, 1.165) is 5.56 Å². The van der Waals surface area contributed by atoms with Crippen LogP contribution in [0.2, 0.25) is 0 Å². The molecule has 5 nitrogen and oxygen atoms in total. The Balaban J connectivity index is 2.70. The standard InChI is InChI=1S/C19H21FO5/c1-11(7-18(21)22)12-8-15(19(25-4)17(9-12)24-3)14-10-13(20)5-6-16(14)23-2/h5-6,8-11H,7H2,1-4H3,(H,21,22). The molecular weight excluding hydrogens is 327 g/mol. The highest BCUT2D eigenvalue weighted by Crippen LogP contribution is 2.44. The van der Waals surface area contributed by atoms with Crippen LogP contribution in [0, 0.1) is 5.82 Å². The van der Waals surface area contributed by atoms with E-state index in [2.05, 4.69) is 0 Å². The average molecular weight is 348 g/mol. The molecule has 0 spiro atoms. The Morgan fingerprint density at radius 3 is 2.28 bits per heavy atom. The number of carboxylic acid groups (broad SMARTS) is 1. The van der Waals surface area contributed by atoms with Crippen molar-refractivity contribution in [3.63, 3.8) is 0 Å². The molecule has 25 heavy (non-hydrogen) atoms. The Labute approximate surface area is 146 Å². The molecular formula is C19H21FO5. The van der Waals surface area contributed by atoms with Crippen molar-refractivity contribution in [1.29, 1.82) is 0 Å². The van der Waals surface area contributed by atoms with Crippen LogP contribution >= 0.6 is 0 Å². The summed E-state index contributed by atoms with van der Waals surface area (Å²) in [6.07, 6.45) is -0.0325. The summed E-state index contributed by atoms with van der Waals surface area (Å²) in [6.45, 7) is 1.81. The fourth-order valence-electron chi connectivity index (χ4n) is 2.74. The van der Waals surface area contributed by atoms with Gasteiger partial charge in [0.05, 0.1) is 27.8 Å². The lowest BCUT2D eigenvalue weighted by Crippen LogP contribution is -2.04. The molecule has 0 saturated carbocycles. The van der Waals surface area contributed by atoms with E-state index < -0.39 is 11.8 Å². The van der Waals surface area contributed by atoms with Crippen LogP contribution in [-0.2, 0) is 4.79 Å². The van der Waals surface area contributed by atoms with E-state index in [9.17, 15) is 9.18 Å². The molecule has 1 unspecified atom stereocenters. The van der Waals surface area contributed by atoms with Gasteiger partial charge in [-0.1, -0.05) is 6.92 Å². The first-order chi connectivity index (χ1) is 11.9. The van der Waals surface area contributed by atoms with Crippen molar-refractivity contribution in [3.05, 3.63) is 41.7 Å². The lowest BCUT2D eigenvalue weighted by atomic mass is 9.92. The number of halogens is 1. The van der Waals surface area contributed by atoms with Crippen LogP contribution in [-0.4, -0.2) is 32.4 Å². The van der Waals surface area contributed by atoms with E-state index in [1.807, 2.05) is 6.92 Å². The summed E-state index contributed by atoms with van der Waals surface area (Å²) in [4.78, 5) is 11.0. The van der Waals surface area contributed by atoms with Gasteiger partial charge in [-0.15, -0.1) is 0 Å². The maximum atomic E-state index is 13.8. The van der Waals surface area contributed by atoms with Crippen molar-refractivity contribution in [2.24, 2.45) is 0 Å². The highest BCUT2D eigenvalue weighted by molar-refractivity contribution is 5.79. The van der Waals surface area contributed by atoms with Crippen molar-refractivity contribution in [2.45, 2.75) is 19.3 Å². The second kappa shape index (κ2) is 7.88. The van der Waals surface area contributed by atoms with Crippen molar-refractivity contribution in [3.8, 4) is 28.4 Å². The van der Waals surface area contributed by atoms with E-state index in [-0.39, 0.29) is 12.3 Å². The van der Waals surface area contributed by atoms with E-state index in [4.69, 9.17) is 19.3 Å². The molecule has 0 aliphatic rings. The number of methoxy groups -OCH3 is 3. The number of hydrogen-bond donors (Lipinski definition) is 1. The van der Waals surface area contributed by atoms with E-state index in [0.29, 0.717) is 28.4 Å². The molecule has 0 radical (unpaired) electrons. The molecule has 0 aromatic heterocycles.